The fourth-order valence-corrected chi connectivity index (χ4v) is 4.63. The summed E-state index contributed by atoms with van der Waals surface area (Å²) in [6, 6.07) is 10.5. The van der Waals surface area contributed by atoms with Gasteiger partial charge in [0.1, 0.15) is 0 Å². The maximum absolute atomic E-state index is 13.0. The van der Waals surface area contributed by atoms with Crippen LogP contribution in [-0.2, 0) is 11.2 Å². The van der Waals surface area contributed by atoms with Crippen molar-refractivity contribution in [2.45, 2.75) is 44.9 Å². The minimum absolute atomic E-state index is 0.160. The number of nitrogens with one attached hydrogen (secondary N) is 1. The van der Waals surface area contributed by atoms with E-state index in [4.69, 9.17) is 5.73 Å². The number of hydrogen-bond acceptors (Lipinski definition) is 2. The monoisotopic (exact) mass is 300 g/mol. The van der Waals surface area contributed by atoms with Gasteiger partial charge in [-0.3, -0.25) is 4.79 Å². The molecule has 120 valence electrons. The molecule has 0 saturated heterocycles. The Balaban J connectivity index is 1.71. The molecule has 1 aromatic carbocycles. The summed E-state index contributed by atoms with van der Waals surface area (Å²) in [5.74, 6) is 1.64. The highest BCUT2D eigenvalue weighted by Crippen LogP contribution is 2.57. The maximum Gasteiger partial charge on any atom is 0.226 e. The molecule has 3 nitrogen and oxygen atoms in total. The second kappa shape index (κ2) is 6.82. The lowest BCUT2D eigenvalue weighted by atomic mass is 9.68. The number of unbranched alkanes of at least 4 members (excludes halogenated alkanes) is 1. The summed E-state index contributed by atoms with van der Waals surface area (Å²) < 4.78 is 0. The summed E-state index contributed by atoms with van der Waals surface area (Å²) >= 11 is 0. The van der Waals surface area contributed by atoms with E-state index in [0.717, 1.165) is 38.1 Å². The average Bonchev–Trinajstić information content (AvgIpc) is 3.14. The third kappa shape index (κ3) is 3.05. The second-order valence-electron chi connectivity index (χ2n) is 7.15. The van der Waals surface area contributed by atoms with Crippen LogP contribution in [-0.4, -0.2) is 19.0 Å². The van der Waals surface area contributed by atoms with Crippen molar-refractivity contribution >= 4 is 5.91 Å². The molecule has 0 spiro atoms. The molecular formula is C19H28N2O. The van der Waals surface area contributed by atoms with Gasteiger partial charge in [0.15, 0.2) is 0 Å². The molecule has 0 aromatic heterocycles. The number of benzene rings is 1. The van der Waals surface area contributed by atoms with E-state index in [0.29, 0.717) is 18.4 Å². The molecule has 3 N–H and O–H groups in total. The zero-order valence-corrected chi connectivity index (χ0v) is 13.4. The highest BCUT2D eigenvalue weighted by Gasteiger charge is 2.55. The summed E-state index contributed by atoms with van der Waals surface area (Å²) in [7, 11) is 0. The van der Waals surface area contributed by atoms with Crippen LogP contribution < -0.4 is 11.1 Å². The lowest BCUT2D eigenvalue weighted by molar-refractivity contribution is -0.134. The quantitative estimate of drug-likeness (QED) is 0.761. The lowest BCUT2D eigenvalue weighted by Gasteiger charge is -2.36. The van der Waals surface area contributed by atoms with Crippen molar-refractivity contribution in [3.05, 3.63) is 35.9 Å². The van der Waals surface area contributed by atoms with Crippen molar-refractivity contribution in [3.8, 4) is 0 Å². The van der Waals surface area contributed by atoms with E-state index in [1.807, 2.05) is 6.07 Å². The standard InChI is InChI=1S/C19H28N2O/c20-10-4-5-11-21-18(22)19(13-15-6-2-1-3-7-15)14-16-8-9-17(19)12-16/h1-3,6-7,16-17H,4-5,8-14,20H2,(H,21,22). The molecular weight excluding hydrogens is 272 g/mol. The van der Waals surface area contributed by atoms with Crippen LogP contribution in [0.2, 0.25) is 0 Å². The van der Waals surface area contributed by atoms with Crippen LogP contribution in [0.5, 0.6) is 0 Å². The SMILES string of the molecule is NCCCCNC(=O)C1(Cc2ccccc2)CC2CCC1C2. The number of fused-ring (bicyclic) bond motifs is 2. The zero-order valence-electron chi connectivity index (χ0n) is 13.4. The number of carbonyl (C=O) groups excluding carboxylic acids is 1. The maximum atomic E-state index is 13.0. The van der Waals surface area contributed by atoms with Gasteiger partial charge in [0.25, 0.3) is 0 Å². The van der Waals surface area contributed by atoms with Gasteiger partial charge in [-0.1, -0.05) is 36.8 Å². The number of hydrogen-bond donors (Lipinski definition) is 2. The Morgan fingerprint density at radius 3 is 2.68 bits per heavy atom. The smallest absolute Gasteiger partial charge is 0.226 e. The summed E-state index contributed by atoms with van der Waals surface area (Å²) in [5.41, 5.74) is 6.67. The van der Waals surface area contributed by atoms with E-state index < -0.39 is 0 Å². The fraction of sp³-hybridized carbons (Fsp3) is 0.632. The van der Waals surface area contributed by atoms with Gasteiger partial charge in [0.2, 0.25) is 5.91 Å². The van der Waals surface area contributed by atoms with Crippen LogP contribution in [0.4, 0.5) is 0 Å². The first-order valence-electron chi connectivity index (χ1n) is 8.77. The molecule has 1 amide bonds. The Morgan fingerprint density at radius 1 is 1.23 bits per heavy atom. The molecule has 0 heterocycles. The third-order valence-corrected chi connectivity index (χ3v) is 5.71. The minimum atomic E-state index is -0.160. The Kier molecular flexibility index (Phi) is 4.82. The fourth-order valence-electron chi connectivity index (χ4n) is 4.63. The summed E-state index contributed by atoms with van der Waals surface area (Å²) in [6.45, 7) is 1.47. The second-order valence-corrected chi connectivity index (χ2v) is 7.15. The van der Waals surface area contributed by atoms with Crippen molar-refractivity contribution in [2.24, 2.45) is 23.0 Å². The zero-order chi connectivity index (χ0) is 15.4. The van der Waals surface area contributed by atoms with E-state index in [1.54, 1.807) is 0 Å². The van der Waals surface area contributed by atoms with Crippen molar-refractivity contribution < 1.29 is 4.79 Å². The lowest BCUT2D eigenvalue weighted by Crippen LogP contribution is -2.46. The number of rotatable bonds is 7. The van der Waals surface area contributed by atoms with Crippen LogP contribution in [0.25, 0.3) is 0 Å². The molecule has 2 aliphatic carbocycles. The minimum Gasteiger partial charge on any atom is -0.356 e. The topological polar surface area (TPSA) is 55.1 Å². The van der Waals surface area contributed by atoms with Crippen molar-refractivity contribution in [1.82, 2.24) is 5.32 Å². The highest BCUT2D eigenvalue weighted by molar-refractivity contribution is 5.84. The first kappa shape index (κ1) is 15.5. The van der Waals surface area contributed by atoms with E-state index in [-0.39, 0.29) is 5.41 Å². The van der Waals surface area contributed by atoms with Gasteiger partial charge in [-0.15, -0.1) is 0 Å². The van der Waals surface area contributed by atoms with Crippen LogP contribution in [0.15, 0.2) is 30.3 Å². The van der Waals surface area contributed by atoms with Gasteiger partial charge in [0.05, 0.1) is 5.41 Å². The van der Waals surface area contributed by atoms with Gasteiger partial charge in [0, 0.05) is 6.54 Å². The van der Waals surface area contributed by atoms with E-state index in [2.05, 4.69) is 29.6 Å². The van der Waals surface area contributed by atoms with Crippen LogP contribution in [0.3, 0.4) is 0 Å². The van der Waals surface area contributed by atoms with Crippen molar-refractivity contribution in [1.29, 1.82) is 0 Å². The molecule has 2 saturated carbocycles. The average molecular weight is 300 g/mol. The van der Waals surface area contributed by atoms with Crippen molar-refractivity contribution in [3.63, 3.8) is 0 Å². The summed E-state index contributed by atoms with van der Waals surface area (Å²) in [4.78, 5) is 13.0. The van der Waals surface area contributed by atoms with Crippen LogP contribution >= 0.6 is 0 Å². The first-order valence-corrected chi connectivity index (χ1v) is 8.77. The van der Waals surface area contributed by atoms with Gasteiger partial charge in [-0.05, 0) is 62.5 Å². The predicted molar refractivity (Wildman–Crippen MR) is 89.3 cm³/mol. The number of amides is 1. The number of carbonyl (C=O) groups is 1. The third-order valence-electron chi connectivity index (χ3n) is 5.71. The van der Waals surface area contributed by atoms with E-state index >= 15 is 0 Å². The van der Waals surface area contributed by atoms with Gasteiger partial charge in [-0.25, -0.2) is 0 Å². The van der Waals surface area contributed by atoms with Gasteiger partial charge < -0.3 is 11.1 Å². The molecule has 3 atom stereocenters. The van der Waals surface area contributed by atoms with Crippen LogP contribution in [0, 0.1) is 17.3 Å². The molecule has 2 fully saturated rings. The molecule has 0 radical (unpaired) electrons. The van der Waals surface area contributed by atoms with E-state index in [9.17, 15) is 4.79 Å². The summed E-state index contributed by atoms with van der Waals surface area (Å²) in [6.07, 6.45) is 7.75. The molecule has 3 heteroatoms. The predicted octanol–water partition coefficient (Wildman–Crippen LogP) is 2.89. The van der Waals surface area contributed by atoms with Gasteiger partial charge >= 0.3 is 0 Å². The molecule has 2 aliphatic rings. The Bertz CT molecular complexity index is 501. The Morgan fingerprint density at radius 2 is 2.05 bits per heavy atom. The summed E-state index contributed by atoms with van der Waals surface area (Å²) in [5, 5.41) is 3.21. The molecule has 22 heavy (non-hydrogen) atoms. The molecule has 1 aromatic rings. The van der Waals surface area contributed by atoms with Crippen molar-refractivity contribution in [2.75, 3.05) is 13.1 Å². The number of nitrogens with two attached hydrogens (primary N) is 1. The highest BCUT2D eigenvalue weighted by atomic mass is 16.2. The Labute approximate surface area is 133 Å². The largest absolute Gasteiger partial charge is 0.356 e. The molecule has 3 unspecified atom stereocenters. The van der Waals surface area contributed by atoms with Crippen LogP contribution in [0.1, 0.15) is 44.1 Å². The molecule has 0 aliphatic heterocycles. The Hall–Kier alpha value is -1.35. The van der Waals surface area contributed by atoms with E-state index in [1.165, 1.54) is 24.8 Å². The molecule has 3 rings (SSSR count). The first-order chi connectivity index (χ1) is 10.7. The molecule has 2 bridgehead atoms. The van der Waals surface area contributed by atoms with Gasteiger partial charge in [-0.2, -0.15) is 0 Å². The normalized spacial score (nSPS) is 29.7.